The van der Waals surface area contributed by atoms with E-state index in [1.807, 2.05) is 18.4 Å². The lowest BCUT2D eigenvalue weighted by molar-refractivity contribution is -0.137. The van der Waals surface area contributed by atoms with Gasteiger partial charge in [0.05, 0.1) is 11.3 Å². The second kappa shape index (κ2) is 5.62. The minimum atomic E-state index is -4.45. The number of alkyl halides is 3. The summed E-state index contributed by atoms with van der Waals surface area (Å²) in [6, 6.07) is 9.02. The molecule has 0 aliphatic heterocycles. The van der Waals surface area contributed by atoms with Crippen molar-refractivity contribution in [3.63, 3.8) is 0 Å². The lowest BCUT2D eigenvalue weighted by atomic mass is 10.2. The fraction of sp³-hybridized carbons (Fsp3) is 0.154. The van der Waals surface area contributed by atoms with Crippen LogP contribution >= 0.6 is 11.8 Å². The van der Waals surface area contributed by atoms with E-state index < -0.39 is 11.7 Å². The summed E-state index contributed by atoms with van der Waals surface area (Å²) < 4.78 is 38.2. The smallest absolute Gasteiger partial charge is 0.384 e. The predicted octanol–water partition coefficient (Wildman–Crippen LogP) is 4.15. The molecule has 2 aromatic rings. The van der Waals surface area contributed by atoms with Gasteiger partial charge in [-0.05, 0) is 30.5 Å². The number of nitrogens with one attached hydrogen (secondary N) is 1. The molecule has 0 saturated heterocycles. The molecule has 3 N–H and O–H groups in total. The second-order valence-corrected chi connectivity index (χ2v) is 4.84. The molecule has 20 heavy (non-hydrogen) atoms. The van der Waals surface area contributed by atoms with Crippen molar-refractivity contribution >= 4 is 29.1 Å². The van der Waals surface area contributed by atoms with Gasteiger partial charge in [-0.2, -0.15) is 13.2 Å². The van der Waals surface area contributed by atoms with Crippen molar-refractivity contribution in [2.24, 2.45) is 0 Å². The zero-order valence-electron chi connectivity index (χ0n) is 10.5. The summed E-state index contributed by atoms with van der Waals surface area (Å²) in [5, 5.41) is 2.86. The highest BCUT2D eigenvalue weighted by molar-refractivity contribution is 7.98. The van der Waals surface area contributed by atoms with Gasteiger partial charge in [0.25, 0.3) is 0 Å². The van der Waals surface area contributed by atoms with Gasteiger partial charge in [-0.25, -0.2) is 4.98 Å². The van der Waals surface area contributed by atoms with Gasteiger partial charge in [0.15, 0.2) is 0 Å². The highest BCUT2D eigenvalue weighted by Gasteiger charge is 2.31. The maximum Gasteiger partial charge on any atom is 0.416 e. The number of rotatable bonds is 3. The predicted molar refractivity (Wildman–Crippen MR) is 75.2 cm³/mol. The Balaban J connectivity index is 2.36. The summed E-state index contributed by atoms with van der Waals surface area (Å²) in [5.41, 5.74) is 5.29. The van der Waals surface area contributed by atoms with Crippen molar-refractivity contribution < 1.29 is 13.2 Å². The van der Waals surface area contributed by atoms with E-state index in [4.69, 9.17) is 5.73 Å². The Bertz CT molecular complexity index is 614. The molecule has 0 atom stereocenters. The van der Waals surface area contributed by atoms with E-state index in [9.17, 15) is 13.2 Å². The Hall–Kier alpha value is -1.89. The first-order valence-electron chi connectivity index (χ1n) is 5.65. The summed E-state index contributed by atoms with van der Waals surface area (Å²) in [6.07, 6.45) is -2.57. The number of thioether (sulfide) groups is 1. The maximum atomic E-state index is 12.7. The molecule has 1 heterocycles. The molecule has 0 radical (unpaired) electrons. The molecule has 0 aliphatic rings. The fourth-order valence-corrected chi connectivity index (χ4v) is 2.22. The molecule has 1 aromatic heterocycles. The summed E-state index contributed by atoms with van der Waals surface area (Å²) in [5.74, 6) is -0.109. The Kier molecular flexibility index (Phi) is 4.08. The third-order valence-electron chi connectivity index (χ3n) is 2.54. The zero-order valence-corrected chi connectivity index (χ0v) is 11.3. The molecule has 1 aromatic carbocycles. The lowest BCUT2D eigenvalue weighted by Crippen LogP contribution is -2.08. The van der Waals surface area contributed by atoms with Crippen LogP contribution < -0.4 is 11.1 Å². The first-order chi connectivity index (χ1) is 9.40. The molecule has 0 saturated carbocycles. The molecule has 106 valence electrons. The summed E-state index contributed by atoms with van der Waals surface area (Å²) in [7, 11) is 0. The molecule has 0 fully saturated rings. The zero-order chi connectivity index (χ0) is 14.8. The molecule has 2 rings (SSSR count). The minimum absolute atomic E-state index is 0.0684. The van der Waals surface area contributed by atoms with Crippen molar-refractivity contribution in [3.05, 3.63) is 42.0 Å². The molecule has 0 unspecified atom stereocenters. The summed E-state index contributed by atoms with van der Waals surface area (Å²) in [6.45, 7) is 0. The third-order valence-corrected chi connectivity index (χ3v) is 3.34. The molecule has 0 spiro atoms. The Labute approximate surface area is 118 Å². The van der Waals surface area contributed by atoms with Crippen LogP contribution in [0.5, 0.6) is 0 Å². The monoisotopic (exact) mass is 299 g/mol. The first-order valence-corrected chi connectivity index (χ1v) is 6.87. The van der Waals surface area contributed by atoms with Crippen LogP contribution in [0.2, 0.25) is 0 Å². The van der Waals surface area contributed by atoms with E-state index in [0.717, 1.165) is 17.0 Å². The third kappa shape index (κ3) is 3.36. The number of halogens is 3. The van der Waals surface area contributed by atoms with Crippen molar-refractivity contribution in [3.8, 4) is 0 Å². The average molecular weight is 299 g/mol. The minimum Gasteiger partial charge on any atom is -0.384 e. The average Bonchev–Trinajstić information content (AvgIpc) is 2.37. The Morgan fingerprint density at radius 1 is 1.20 bits per heavy atom. The number of pyridine rings is 1. The highest BCUT2D eigenvalue weighted by atomic mass is 32.2. The largest absolute Gasteiger partial charge is 0.416 e. The summed E-state index contributed by atoms with van der Waals surface area (Å²) in [4.78, 5) is 4.78. The number of anilines is 3. The van der Waals surface area contributed by atoms with Gasteiger partial charge in [-0.1, -0.05) is 12.1 Å². The maximum absolute atomic E-state index is 12.7. The van der Waals surface area contributed by atoms with Crippen molar-refractivity contribution in [2.75, 3.05) is 17.3 Å². The summed E-state index contributed by atoms with van der Waals surface area (Å²) >= 11 is 1.48. The number of nitrogen functional groups attached to an aromatic ring is 1. The van der Waals surface area contributed by atoms with Gasteiger partial charge in [0, 0.05) is 4.90 Å². The van der Waals surface area contributed by atoms with Crippen molar-refractivity contribution in [1.82, 2.24) is 4.98 Å². The molecule has 3 nitrogen and oxygen atoms in total. The van der Waals surface area contributed by atoms with Gasteiger partial charge >= 0.3 is 6.18 Å². The number of nitrogens with two attached hydrogens (primary N) is 1. The van der Waals surface area contributed by atoms with E-state index in [2.05, 4.69) is 10.3 Å². The highest BCUT2D eigenvalue weighted by Crippen LogP contribution is 2.33. The fourth-order valence-electron chi connectivity index (χ4n) is 1.67. The Morgan fingerprint density at radius 3 is 2.55 bits per heavy atom. The second-order valence-electron chi connectivity index (χ2n) is 3.99. The number of para-hydroxylation sites is 1. The SMILES string of the molecule is CSc1ccccc1Nc1cc(C(F)(F)F)cc(N)n1. The van der Waals surface area contributed by atoms with Crippen LogP contribution in [0, 0.1) is 0 Å². The van der Waals surface area contributed by atoms with Gasteiger partial charge in [0.2, 0.25) is 0 Å². The number of hydrogen-bond acceptors (Lipinski definition) is 4. The van der Waals surface area contributed by atoms with E-state index in [0.29, 0.717) is 5.69 Å². The first kappa shape index (κ1) is 14.5. The molecule has 7 heteroatoms. The quantitative estimate of drug-likeness (QED) is 0.836. The lowest BCUT2D eigenvalue weighted by Gasteiger charge is -2.13. The van der Waals surface area contributed by atoms with Crippen molar-refractivity contribution in [1.29, 1.82) is 0 Å². The molecular formula is C13H12F3N3S. The topological polar surface area (TPSA) is 50.9 Å². The van der Waals surface area contributed by atoms with E-state index in [1.165, 1.54) is 11.8 Å². The number of benzene rings is 1. The van der Waals surface area contributed by atoms with Crippen LogP contribution in [0.1, 0.15) is 5.56 Å². The van der Waals surface area contributed by atoms with Crippen LogP contribution in [0.15, 0.2) is 41.3 Å². The van der Waals surface area contributed by atoms with Gasteiger partial charge < -0.3 is 11.1 Å². The Morgan fingerprint density at radius 2 is 1.90 bits per heavy atom. The van der Waals surface area contributed by atoms with Gasteiger partial charge in [-0.3, -0.25) is 0 Å². The molecule has 0 bridgehead atoms. The molecular weight excluding hydrogens is 287 g/mol. The number of hydrogen-bond donors (Lipinski definition) is 2. The van der Waals surface area contributed by atoms with Crippen LogP contribution in [0.4, 0.5) is 30.5 Å². The number of aromatic nitrogens is 1. The van der Waals surface area contributed by atoms with Gasteiger partial charge in [0.1, 0.15) is 11.6 Å². The van der Waals surface area contributed by atoms with Crippen LogP contribution in [0.25, 0.3) is 0 Å². The van der Waals surface area contributed by atoms with Crippen molar-refractivity contribution in [2.45, 2.75) is 11.1 Å². The van der Waals surface area contributed by atoms with Crippen LogP contribution in [0.3, 0.4) is 0 Å². The number of nitrogens with zero attached hydrogens (tertiary/aromatic N) is 1. The van der Waals surface area contributed by atoms with E-state index in [-0.39, 0.29) is 11.6 Å². The molecule has 0 amide bonds. The van der Waals surface area contributed by atoms with E-state index >= 15 is 0 Å². The normalized spacial score (nSPS) is 11.4. The molecule has 0 aliphatic carbocycles. The van der Waals surface area contributed by atoms with Crippen LogP contribution in [-0.2, 0) is 6.18 Å². The standard InChI is InChI=1S/C13H12F3N3S/c1-20-10-5-3-2-4-9(10)18-12-7-8(13(14,15)16)6-11(17)19-12/h2-7H,1H3,(H3,17,18,19). The van der Waals surface area contributed by atoms with E-state index in [1.54, 1.807) is 12.1 Å². The van der Waals surface area contributed by atoms with Gasteiger partial charge in [-0.15, -0.1) is 11.8 Å². The van der Waals surface area contributed by atoms with Crippen LogP contribution in [-0.4, -0.2) is 11.2 Å².